The van der Waals surface area contributed by atoms with Crippen molar-refractivity contribution in [3.05, 3.63) is 22.2 Å². The molecule has 0 radical (unpaired) electrons. The zero-order chi connectivity index (χ0) is 13.9. The van der Waals surface area contributed by atoms with Crippen molar-refractivity contribution >= 4 is 15.9 Å². The molecule has 1 unspecified atom stereocenters. The highest BCUT2D eigenvalue weighted by Crippen LogP contribution is 2.40. The van der Waals surface area contributed by atoms with Gasteiger partial charge in [0.25, 0.3) is 0 Å². The summed E-state index contributed by atoms with van der Waals surface area (Å²) < 4.78 is 12.1. The van der Waals surface area contributed by atoms with Crippen LogP contribution in [0.25, 0.3) is 0 Å². The minimum absolute atomic E-state index is 0.427. The van der Waals surface area contributed by atoms with Gasteiger partial charge in [-0.3, -0.25) is 0 Å². The Labute approximate surface area is 128 Å². The van der Waals surface area contributed by atoms with Gasteiger partial charge in [0.15, 0.2) is 11.5 Å². The Bertz CT molecular complexity index is 469. The lowest BCUT2D eigenvalue weighted by atomic mass is 9.84. The minimum Gasteiger partial charge on any atom is -0.486 e. The molecule has 3 nitrogen and oxygen atoms in total. The van der Waals surface area contributed by atoms with E-state index in [0.717, 1.165) is 28.0 Å². The number of aliphatic hydroxyl groups excluding tert-OH is 1. The van der Waals surface area contributed by atoms with E-state index in [1.54, 1.807) is 0 Å². The summed E-state index contributed by atoms with van der Waals surface area (Å²) in [4.78, 5) is 0. The molecule has 1 aliphatic carbocycles. The lowest BCUT2D eigenvalue weighted by molar-refractivity contribution is 0.129. The van der Waals surface area contributed by atoms with E-state index in [2.05, 4.69) is 15.9 Å². The molecule has 1 atom stereocenters. The van der Waals surface area contributed by atoms with Gasteiger partial charge in [-0.15, -0.1) is 0 Å². The lowest BCUT2D eigenvalue weighted by Crippen LogP contribution is -2.16. The number of hydrogen-bond acceptors (Lipinski definition) is 3. The first kappa shape index (κ1) is 14.2. The number of halogens is 1. The standard InChI is InChI=1S/C16H21BrO3/c17-13-10-16-15(19-6-7-20-16)9-12(13)14(18)8-11-4-2-1-3-5-11/h9-11,14,18H,1-8H2. The quantitative estimate of drug-likeness (QED) is 0.894. The predicted octanol–water partition coefficient (Wildman–Crippen LogP) is 4.22. The van der Waals surface area contributed by atoms with Gasteiger partial charge in [-0.1, -0.05) is 48.0 Å². The maximum atomic E-state index is 10.5. The third-order valence-corrected chi connectivity index (χ3v) is 4.99. The smallest absolute Gasteiger partial charge is 0.162 e. The average Bonchev–Trinajstić information content (AvgIpc) is 2.47. The molecule has 1 aliphatic heterocycles. The third-order valence-electron chi connectivity index (χ3n) is 4.30. The normalized spacial score (nSPS) is 20.7. The molecular weight excluding hydrogens is 320 g/mol. The monoisotopic (exact) mass is 340 g/mol. The van der Waals surface area contributed by atoms with Gasteiger partial charge in [-0.25, -0.2) is 0 Å². The Kier molecular flexibility index (Phi) is 4.51. The zero-order valence-corrected chi connectivity index (χ0v) is 13.2. The molecule has 1 fully saturated rings. The molecule has 1 saturated carbocycles. The molecule has 2 aliphatic rings. The molecule has 4 heteroatoms. The molecule has 1 N–H and O–H groups in total. The van der Waals surface area contributed by atoms with Crippen LogP contribution in [0.5, 0.6) is 11.5 Å². The summed E-state index contributed by atoms with van der Waals surface area (Å²) in [6.45, 7) is 1.16. The third kappa shape index (κ3) is 3.12. The second-order valence-electron chi connectivity index (χ2n) is 5.77. The highest BCUT2D eigenvalue weighted by atomic mass is 79.9. The molecule has 0 saturated heterocycles. The summed E-state index contributed by atoms with van der Waals surface area (Å²) in [6, 6.07) is 3.83. The Hall–Kier alpha value is -0.740. The fourth-order valence-corrected chi connectivity index (χ4v) is 3.79. The van der Waals surface area contributed by atoms with Gasteiger partial charge in [0.05, 0.1) is 6.10 Å². The van der Waals surface area contributed by atoms with Crippen molar-refractivity contribution in [3.8, 4) is 11.5 Å². The fraction of sp³-hybridized carbons (Fsp3) is 0.625. The lowest BCUT2D eigenvalue weighted by Gasteiger charge is -2.26. The Morgan fingerprint density at radius 2 is 1.75 bits per heavy atom. The van der Waals surface area contributed by atoms with Gasteiger partial charge >= 0.3 is 0 Å². The van der Waals surface area contributed by atoms with Crippen LogP contribution in [0.2, 0.25) is 0 Å². The summed E-state index contributed by atoms with van der Waals surface area (Å²) in [5.41, 5.74) is 0.917. The largest absolute Gasteiger partial charge is 0.486 e. The molecular formula is C16H21BrO3. The van der Waals surface area contributed by atoms with E-state index in [0.29, 0.717) is 19.1 Å². The van der Waals surface area contributed by atoms with Gasteiger partial charge in [0, 0.05) is 4.47 Å². The second kappa shape index (κ2) is 6.35. The highest BCUT2D eigenvalue weighted by Gasteiger charge is 2.22. The van der Waals surface area contributed by atoms with Gasteiger partial charge in [0.1, 0.15) is 13.2 Å². The van der Waals surface area contributed by atoms with Gasteiger partial charge in [0.2, 0.25) is 0 Å². The number of benzene rings is 1. The van der Waals surface area contributed by atoms with Crippen molar-refractivity contribution in [1.82, 2.24) is 0 Å². The first-order chi connectivity index (χ1) is 9.74. The SMILES string of the molecule is OC(CC1CCCCC1)c1cc2c(cc1Br)OCCO2. The van der Waals surface area contributed by atoms with E-state index < -0.39 is 6.10 Å². The Morgan fingerprint density at radius 1 is 1.10 bits per heavy atom. The summed E-state index contributed by atoms with van der Waals surface area (Å²) in [5.74, 6) is 2.16. The summed E-state index contributed by atoms with van der Waals surface area (Å²) in [6.07, 6.45) is 6.87. The van der Waals surface area contributed by atoms with E-state index >= 15 is 0 Å². The molecule has 1 heterocycles. The molecule has 0 aromatic heterocycles. The van der Waals surface area contributed by atoms with Gasteiger partial charge in [-0.2, -0.15) is 0 Å². The molecule has 1 aromatic rings. The van der Waals surface area contributed by atoms with E-state index in [9.17, 15) is 5.11 Å². The Morgan fingerprint density at radius 3 is 2.45 bits per heavy atom. The van der Waals surface area contributed by atoms with Crippen molar-refractivity contribution in [2.24, 2.45) is 5.92 Å². The van der Waals surface area contributed by atoms with Crippen LogP contribution in [0, 0.1) is 5.92 Å². The molecule has 20 heavy (non-hydrogen) atoms. The summed E-state index contributed by atoms with van der Waals surface area (Å²) in [7, 11) is 0. The predicted molar refractivity (Wildman–Crippen MR) is 81.3 cm³/mol. The van der Waals surface area contributed by atoms with Crippen LogP contribution in [0.4, 0.5) is 0 Å². The molecule has 0 bridgehead atoms. The average molecular weight is 341 g/mol. The van der Waals surface area contributed by atoms with Crippen LogP contribution in [-0.2, 0) is 0 Å². The zero-order valence-electron chi connectivity index (χ0n) is 11.6. The van der Waals surface area contributed by atoms with Crippen molar-refractivity contribution in [2.45, 2.75) is 44.6 Å². The van der Waals surface area contributed by atoms with Gasteiger partial charge < -0.3 is 14.6 Å². The van der Waals surface area contributed by atoms with Crippen LogP contribution in [0.1, 0.15) is 50.2 Å². The number of fused-ring (bicyclic) bond motifs is 1. The number of rotatable bonds is 3. The van der Waals surface area contributed by atoms with Crippen LogP contribution in [0.15, 0.2) is 16.6 Å². The topological polar surface area (TPSA) is 38.7 Å². The fourth-order valence-electron chi connectivity index (χ4n) is 3.20. The minimum atomic E-state index is -0.427. The van der Waals surface area contributed by atoms with Crippen molar-refractivity contribution in [1.29, 1.82) is 0 Å². The molecule has 110 valence electrons. The summed E-state index contributed by atoms with van der Waals surface area (Å²) in [5, 5.41) is 10.5. The van der Waals surface area contributed by atoms with Crippen LogP contribution in [-0.4, -0.2) is 18.3 Å². The van der Waals surface area contributed by atoms with Crippen molar-refractivity contribution < 1.29 is 14.6 Å². The van der Waals surface area contributed by atoms with Crippen LogP contribution < -0.4 is 9.47 Å². The highest BCUT2D eigenvalue weighted by molar-refractivity contribution is 9.10. The van der Waals surface area contributed by atoms with Crippen molar-refractivity contribution in [2.75, 3.05) is 13.2 Å². The van der Waals surface area contributed by atoms with E-state index in [1.165, 1.54) is 32.1 Å². The number of aliphatic hydroxyl groups is 1. The van der Waals surface area contributed by atoms with Crippen molar-refractivity contribution in [3.63, 3.8) is 0 Å². The first-order valence-corrected chi connectivity index (χ1v) is 8.30. The maximum Gasteiger partial charge on any atom is 0.162 e. The molecule has 1 aromatic carbocycles. The van der Waals surface area contributed by atoms with Gasteiger partial charge in [-0.05, 0) is 30.0 Å². The first-order valence-electron chi connectivity index (χ1n) is 7.51. The van der Waals surface area contributed by atoms with Crippen LogP contribution in [0.3, 0.4) is 0 Å². The molecule has 0 amide bonds. The Balaban J connectivity index is 1.74. The van der Waals surface area contributed by atoms with Crippen LogP contribution >= 0.6 is 15.9 Å². The molecule has 3 rings (SSSR count). The van der Waals surface area contributed by atoms with E-state index in [4.69, 9.17) is 9.47 Å². The van der Waals surface area contributed by atoms with E-state index in [1.807, 2.05) is 12.1 Å². The maximum absolute atomic E-state index is 10.5. The summed E-state index contributed by atoms with van der Waals surface area (Å²) >= 11 is 3.55. The second-order valence-corrected chi connectivity index (χ2v) is 6.63. The number of hydrogen-bond donors (Lipinski definition) is 1. The molecule has 0 spiro atoms. The number of ether oxygens (including phenoxy) is 2. The van der Waals surface area contributed by atoms with E-state index in [-0.39, 0.29) is 0 Å².